The molecule has 1 aromatic heterocycles. The van der Waals surface area contributed by atoms with Crippen molar-refractivity contribution in [3.8, 4) is 0 Å². The maximum absolute atomic E-state index is 12.9. The molecule has 0 bridgehead atoms. The van der Waals surface area contributed by atoms with Crippen LogP contribution in [0.1, 0.15) is 36.7 Å². The SMILES string of the molecule is CCc1nncn1CCNC(=NCc1cccc(C(F)(F)F)c1)N1CCCC1.I. The Labute approximate surface area is 185 Å². The summed E-state index contributed by atoms with van der Waals surface area (Å²) in [6, 6.07) is 5.34. The zero-order valence-corrected chi connectivity index (χ0v) is 18.7. The van der Waals surface area contributed by atoms with Gasteiger partial charge in [0.15, 0.2) is 5.96 Å². The van der Waals surface area contributed by atoms with Gasteiger partial charge in [-0.2, -0.15) is 13.2 Å². The van der Waals surface area contributed by atoms with Gasteiger partial charge in [-0.25, -0.2) is 4.99 Å². The first-order valence-corrected chi connectivity index (χ1v) is 9.53. The van der Waals surface area contributed by atoms with E-state index in [9.17, 15) is 13.2 Å². The van der Waals surface area contributed by atoms with Gasteiger partial charge in [0.25, 0.3) is 0 Å². The smallest absolute Gasteiger partial charge is 0.354 e. The van der Waals surface area contributed by atoms with Crippen molar-refractivity contribution >= 4 is 29.9 Å². The Balaban J connectivity index is 0.00000300. The molecule has 0 spiro atoms. The van der Waals surface area contributed by atoms with Gasteiger partial charge in [-0.15, -0.1) is 34.2 Å². The Morgan fingerprint density at radius 2 is 2.00 bits per heavy atom. The lowest BCUT2D eigenvalue weighted by Gasteiger charge is -2.21. The van der Waals surface area contributed by atoms with E-state index < -0.39 is 11.7 Å². The minimum atomic E-state index is -4.34. The van der Waals surface area contributed by atoms with E-state index >= 15 is 0 Å². The number of aryl methyl sites for hydroxylation is 1. The molecular weight excluding hydrogens is 496 g/mol. The second-order valence-corrected chi connectivity index (χ2v) is 6.75. The van der Waals surface area contributed by atoms with Gasteiger partial charge in [0.1, 0.15) is 12.2 Å². The molecule has 6 nitrogen and oxygen atoms in total. The molecule has 0 unspecified atom stereocenters. The Bertz CT molecular complexity index is 799. The summed E-state index contributed by atoms with van der Waals surface area (Å²) in [4.78, 5) is 6.74. The number of halogens is 4. The van der Waals surface area contributed by atoms with Crippen LogP contribution in [0.5, 0.6) is 0 Å². The molecule has 0 atom stereocenters. The molecule has 2 heterocycles. The van der Waals surface area contributed by atoms with Crippen LogP contribution in [0.15, 0.2) is 35.6 Å². The van der Waals surface area contributed by atoms with Crippen LogP contribution in [0.4, 0.5) is 13.2 Å². The molecule has 1 aliphatic heterocycles. The molecular formula is C19H26F3IN6. The lowest BCUT2D eigenvalue weighted by molar-refractivity contribution is -0.137. The second kappa shape index (κ2) is 10.8. The Morgan fingerprint density at radius 3 is 2.69 bits per heavy atom. The number of hydrogen-bond donors (Lipinski definition) is 1. The van der Waals surface area contributed by atoms with Gasteiger partial charge in [-0.3, -0.25) is 0 Å². The lowest BCUT2D eigenvalue weighted by atomic mass is 10.1. The maximum Gasteiger partial charge on any atom is 0.416 e. The number of hydrogen-bond acceptors (Lipinski definition) is 3. The number of aromatic nitrogens is 3. The average molecular weight is 522 g/mol. The van der Waals surface area contributed by atoms with Gasteiger partial charge in [0, 0.05) is 32.6 Å². The predicted octanol–water partition coefficient (Wildman–Crippen LogP) is 3.72. The topological polar surface area (TPSA) is 58.3 Å². The van der Waals surface area contributed by atoms with Crippen LogP contribution < -0.4 is 5.32 Å². The molecule has 1 aromatic carbocycles. The number of likely N-dealkylation sites (tertiary alicyclic amines) is 1. The van der Waals surface area contributed by atoms with E-state index in [1.54, 1.807) is 12.4 Å². The first kappa shape index (κ1) is 23.4. The molecule has 0 saturated carbocycles. The van der Waals surface area contributed by atoms with Gasteiger partial charge in [0.2, 0.25) is 0 Å². The molecule has 1 N–H and O–H groups in total. The molecule has 1 aliphatic rings. The number of benzene rings is 1. The third kappa shape index (κ3) is 6.58. The van der Waals surface area contributed by atoms with Crippen LogP contribution in [-0.4, -0.2) is 45.3 Å². The molecule has 29 heavy (non-hydrogen) atoms. The third-order valence-corrected chi connectivity index (χ3v) is 4.72. The van der Waals surface area contributed by atoms with Gasteiger partial charge >= 0.3 is 6.18 Å². The monoisotopic (exact) mass is 522 g/mol. The zero-order valence-electron chi connectivity index (χ0n) is 16.3. The zero-order chi connectivity index (χ0) is 20.0. The first-order chi connectivity index (χ1) is 13.5. The van der Waals surface area contributed by atoms with Crippen molar-refractivity contribution in [1.29, 1.82) is 0 Å². The molecule has 1 saturated heterocycles. The molecule has 3 rings (SSSR count). The fraction of sp³-hybridized carbons (Fsp3) is 0.526. The van der Waals surface area contributed by atoms with Crippen molar-refractivity contribution < 1.29 is 13.2 Å². The largest absolute Gasteiger partial charge is 0.416 e. The highest BCUT2D eigenvalue weighted by atomic mass is 127. The minimum absolute atomic E-state index is 0. The Kier molecular flexibility index (Phi) is 8.72. The molecule has 10 heteroatoms. The van der Waals surface area contributed by atoms with Crippen LogP contribution in [0, 0.1) is 0 Å². The highest BCUT2D eigenvalue weighted by Crippen LogP contribution is 2.29. The van der Waals surface area contributed by atoms with E-state index in [4.69, 9.17) is 0 Å². The first-order valence-electron chi connectivity index (χ1n) is 9.53. The quantitative estimate of drug-likeness (QED) is 0.357. The highest BCUT2D eigenvalue weighted by molar-refractivity contribution is 14.0. The van der Waals surface area contributed by atoms with Crippen molar-refractivity contribution in [3.05, 3.63) is 47.5 Å². The number of guanidine groups is 1. The number of nitrogens with zero attached hydrogens (tertiary/aromatic N) is 5. The van der Waals surface area contributed by atoms with E-state index in [1.807, 2.05) is 11.5 Å². The van der Waals surface area contributed by atoms with Gasteiger partial charge in [-0.05, 0) is 30.5 Å². The van der Waals surface area contributed by atoms with Crippen molar-refractivity contribution in [1.82, 2.24) is 25.0 Å². The maximum atomic E-state index is 12.9. The van der Waals surface area contributed by atoms with Crippen molar-refractivity contribution in [2.24, 2.45) is 4.99 Å². The van der Waals surface area contributed by atoms with Gasteiger partial charge in [-0.1, -0.05) is 19.1 Å². The average Bonchev–Trinajstić information content (AvgIpc) is 3.35. The van der Waals surface area contributed by atoms with E-state index in [2.05, 4.69) is 25.4 Å². The second-order valence-electron chi connectivity index (χ2n) is 6.75. The molecule has 0 amide bonds. The minimum Gasteiger partial charge on any atom is -0.354 e. The van der Waals surface area contributed by atoms with Crippen LogP contribution in [0.3, 0.4) is 0 Å². The van der Waals surface area contributed by atoms with Gasteiger partial charge in [0.05, 0.1) is 12.1 Å². The standard InChI is InChI=1S/C19H25F3N6.HI/c1-2-17-26-25-14-28(17)11-8-23-18(27-9-3-4-10-27)24-13-15-6-5-7-16(12-15)19(20,21)22;/h5-7,12,14H,2-4,8-11,13H2,1H3,(H,23,24);1H. The fourth-order valence-corrected chi connectivity index (χ4v) is 3.24. The summed E-state index contributed by atoms with van der Waals surface area (Å²) < 4.78 is 40.7. The van der Waals surface area contributed by atoms with Crippen LogP contribution in [0.2, 0.25) is 0 Å². The number of nitrogens with one attached hydrogen (secondary N) is 1. The summed E-state index contributed by atoms with van der Waals surface area (Å²) in [6.45, 7) is 5.38. The molecule has 0 radical (unpaired) electrons. The van der Waals surface area contributed by atoms with Crippen molar-refractivity contribution in [3.63, 3.8) is 0 Å². The Morgan fingerprint density at radius 1 is 1.24 bits per heavy atom. The molecule has 0 aliphatic carbocycles. The van der Waals surface area contributed by atoms with Crippen LogP contribution in [0.25, 0.3) is 0 Å². The number of rotatable bonds is 6. The predicted molar refractivity (Wildman–Crippen MR) is 116 cm³/mol. The normalized spacial score (nSPS) is 14.8. The number of aliphatic imine (C=N–C) groups is 1. The van der Waals surface area contributed by atoms with Crippen LogP contribution >= 0.6 is 24.0 Å². The molecule has 2 aromatic rings. The van der Waals surface area contributed by atoms with E-state index in [1.165, 1.54) is 6.07 Å². The summed E-state index contributed by atoms with van der Waals surface area (Å²) in [5.74, 6) is 1.66. The summed E-state index contributed by atoms with van der Waals surface area (Å²) in [5, 5.41) is 11.3. The summed E-state index contributed by atoms with van der Waals surface area (Å²) in [7, 11) is 0. The van der Waals surface area contributed by atoms with Gasteiger partial charge < -0.3 is 14.8 Å². The van der Waals surface area contributed by atoms with E-state index in [-0.39, 0.29) is 30.5 Å². The summed E-state index contributed by atoms with van der Waals surface area (Å²) in [6.07, 6.45) is 0.357. The van der Waals surface area contributed by atoms with E-state index in [0.717, 1.165) is 56.3 Å². The van der Waals surface area contributed by atoms with Crippen molar-refractivity contribution in [2.45, 2.75) is 45.5 Å². The Hall–Kier alpha value is -1.85. The molecule has 160 valence electrons. The van der Waals surface area contributed by atoms with Crippen LogP contribution in [-0.2, 0) is 25.7 Å². The number of alkyl halides is 3. The summed E-state index contributed by atoms with van der Waals surface area (Å²) in [5.41, 5.74) is -0.101. The van der Waals surface area contributed by atoms with E-state index in [0.29, 0.717) is 18.7 Å². The lowest BCUT2D eigenvalue weighted by Crippen LogP contribution is -2.41. The summed E-state index contributed by atoms with van der Waals surface area (Å²) >= 11 is 0. The van der Waals surface area contributed by atoms with Crippen molar-refractivity contribution in [2.75, 3.05) is 19.6 Å². The molecule has 1 fully saturated rings. The third-order valence-electron chi connectivity index (χ3n) is 4.72. The fourth-order valence-electron chi connectivity index (χ4n) is 3.24. The highest BCUT2D eigenvalue weighted by Gasteiger charge is 2.30.